The molecule has 24 heavy (non-hydrogen) atoms. The van der Waals surface area contributed by atoms with E-state index in [2.05, 4.69) is 16.3 Å². The first kappa shape index (κ1) is 15.3. The fourth-order valence-electron chi connectivity index (χ4n) is 3.09. The Morgan fingerprint density at radius 1 is 1.17 bits per heavy atom. The number of rotatable bonds is 4. The molecule has 0 aromatic carbocycles. The van der Waals surface area contributed by atoms with Gasteiger partial charge in [-0.2, -0.15) is 0 Å². The van der Waals surface area contributed by atoms with Crippen molar-refractivity contribution in [3.05, 3.63) is 57.1 Å². The van der Waals surface area contributed by atoms with Gasteiger partial charge in [-0.3, -0.25) is 4.79 Å². The average Bonchev–Trinajstić information content (AvgIpc) is 3.16. The van der Waals surface area contributed by atoms with E-state index in [0.29, 0.717) is 24.7 Å². The standard InChI is InChI=1S/C18H19N3O2S/c22-17-8-4-5-10-21(17)11-9-16-19-20-18(23-16)15-12-13-6-2-1-3-7-14(13)24-15/h4-5,8,10,12H,1-3,6-7,9,11H2. The molecule has 0 radical (unpaired) electrons. The molecule has 124 valence electrons. The second-order valence-electron chi connectivity index (χ2n) is 6.10. The van der Waals surface area contributed by atoms with Crippen molar-refractivity contribution in [2.75, 3.05) is 0 Å². The van der Waals surface area contributed by atoms with Crippen LogP contribution >= 0.6 is 11.3 Å². The third kappa shape index (κ3) is 3.19. The van der Waals surface area contributed by atoms with Gasteiger partial charge in [-0.25, -0.2) is 0 Å². The first-order valence-electron chi connectivity index (χ1n) is 8.39. The molecule has 0 saturated heterocycles. The van der Waals surface area contributed by atoms with E-state index in [1.165, 1.54) is 29.7 Å². The van der Waals surface area contributed by atoms with Crippen LogP contribution in [0.2, 0.25) is 0 Å². The van der Waals surface area contributed by atoms with E-state index in [-0.39, 0.29) is 5.56 Å². The van der Waals surface area contributed by atoms with Crippen molar-refractivity contribution in [2.24, 2.45) is 0 Å². The lowest BCUT2D eigenvalue weighted by Crippen LogP contribution is -2.18. The highest BCUT2D eigenvalue weighted by Gasteiger charge is 2.17. The number of nitrogens with zero attached hydrogens (tertiary/aromatic N) is 3. The highest BCUT2D eigenvalue weighted by Crippen LogP contribution is 2.34. The van der Waals surface area contributed by atoms with Crippen LogP contribution in [0.3, 0.4) is 0 Å². The van der Waals surface area contributed by atoms with E-state index in [0.717, 1.165) is 17.7 Å². The normalized spacial score (nSPS) is 14.3. The summed E-state index contributed by atoms with van der Waals surface area (Å²) in [6, 6.07) is 7.35. The summed E-state index contributed by atoms with van der Waals surface area (Å²) in [6.07, 6.45) is 8.51. The van der Waals surface area contributed by atoms with Crippen LogP contribution in [0.25, 0.3) is 10.8 Å². The molecule has 0 bridgehead atoms. The van der Waals surface area contributed by atoms with Gasteiger partial charge in [0.25, 0.3) is 11.4 Å². The third-order valence-corrected chi connectivity index (χ3v) is 5.61. The van der Waals surface area contributed by atoms with Gasteiger partial charge in [0, 0.05) is 30.1 Å². The first-order chi connectivity index (χ1) is 11.8. The molecule has 0 amide bonds. The van der Waals surface area contributed by atoms with E-state index in [1.54, 1.807) is 34.2 Å². The van der Waals surface area contributed by atoms with Gasteiger partial charge in [0.15, 0.2) is 0 Å². The van der Waals surface area contributed by atoms with Gasteiger partial charge in [0.05, 0.1) is 4.88 Å². The minimum Gasteiger partial charge on any atom is -0.420 e. The lowest BCUT2D eigenvalue weighted by atomic mass is 10.1. The van der Waals surface area contributed by atoms with Gasteiger partial charge < -0.3 is 8.98 Å². The van der Waals surface area contributed by atoms with Crippen LogP contribution in [-0.4, -0.2) is 14.8 Å². The fourth-order valence-corrected chi connectivity index (χ4v) is 4.26. The highest BCUT2D eigenvalue weighted by atomic mass is 32.1. The Kier molecular flexibility index (Phi) is 4.30. The summed E-state index contributed by atoms with van der Waals surface area (Å²) in [5, 5.41) is 8.33. The van der Waals surface area contributed by atoms with Crippen LogP contribution in [-0.2, 0) is 25.8 Å². The summed E-state index contributed by atoms with van der Waals surface area (Å²) in [6.45, 7) is 0.544. The molecule has 3 aromatic heterocycles. The summed E-state index contributed by atoms with van der Waals surface area (Å²) in [5.41, 5.74) is 1.43. The Morgan fingerprint density at radius 3 is 3.00 bits per heavy atom. The molecule has 0 saturated carbocycles. The van der Waals surface area contributed by atoms with Gasteiger partial charge in [-0.1, -0.05) is 12.5 Å². The predicted molar refractivity (Wildman–Crippen MR) is 93.3 cm³/mol. The number of hydrogen-bond donors (Lipinski definition) is 0. The van der Waals surface area contributed by atoms with Crippen molar-refractivity contribution in [3.8, 4) is 10.8 Å². The number of fused-ring (bicyclic) bond motifs is 1. The molecule has 5 nitrogen and oxygen atoms in total. The van der Waals surface area contributed by atoms with Crippen molar-refractivity contribution < 1.29 is 4.42 Å². The third-order valence-electron chi connectivity index (χ3n) is 4.39. The molecule has 3 heterocycles. The van der Waals surface area contributed by atoms with Crippen LogP contribution in [0.5, 0.6) is 0 Å². The maximum absolute atomic E-state index is 11.7. The number of pyridine rings is 1. The number of aromatic nitrogens is 3. The van der Waals surface area contributed by atoms with Gasteiger partial charge in [-0.15, -0.1) is 21.5 Å². The molecule has 3 aromatic rings. The van der Waals surface area contributed by atoms with E-state index in [4.69, 9.17) is 4.42 Å². The molecule has 6 heteroatoms. The quantitative estimate of drug-likeness (QED) is 0.682. The van der Waals surface area contributed by atoms with Crippen molar-refractivity contribution in [2.45, 2.75) is 45.1 Å². The molecule has 1 aliphatic rings. The molecule has 0 N–H and O–H groups in total. The Bertz CT molecular complexity index is 870. The predicted octanol–water partition coefficient (Wildman–Crippen LogP) is 3.47. The molecule has 0 unspecified atom stereocenters. The second kappa shape index (κ2) is 6.73. The fraction of sp³-hybridized carbons (Fsp3) is 0.389. The SMILES string of the molecule is O=c1ccccn1CCc1nnc(-c2cc3c(s2)CCCCC3)o1. The molecule has 0 atom stereocenters. The first-order valence-corrected chi connectivity index (χ1v) is 9.21. The average molecular weight is 341 g/mol. The summed E-state index contributed by atoms with van der Waals surface area (Å²) < 4.78 is 7.46. The smallest absolute Gasteiger partial charge is 0.257 e. The summed E-state index contributed by atoms with van der Waals surface area (Å²) >= 11 is 1.78. The van der Waals surface area contributed by atoms with E-state index in [1.807, 2.05) is 6.07 Å². The van der Waals surface area contributed by atoms with Crippen molar-refractivity contribution >= 4 is 11.3 Å². The number of aryl methyl sites for hydroxylation is 4. The molecule has 0 aliphatic heterocycles. The lowest BCUT2D eigenvalue weighted by Gasteiger charge is -2.01. The minimum absolute atomic E-state index is 0.0146. The zero-order valence-corrected chi connectivity index (χ0v) is 14.2. The van der Waals surface area contributed by atoms with Crippen molar-refractivity contribution in [1.82, 2.24) is 14.8 Å². The van der Waals surface area contributed by atoms with E-state index >= 15 is 0 Å². The lowest BCUT2D eigenvalue weighted by molar-refractivity contribution is 0.484. The van der Waals surface area contributed by atoms with Crippen LogP contribution in [0.4, 0.5) is 0 Å². The summed E-state index contributed by atoms with van der Waals surface area (Å²) in [4.78, 5) is 14.2. The summed E-state index contributed by atoms with van der Waals surface area (Å²) in [5.74, 6) is 1.17. The van der Waals surface area contributed by atoms with Gasteiger partial charge in [0.1, 0.15) is 0 Å². The molecular weight excluding hydrogens is 322 g/mol. The van der Waals surface area contributed by atoms with E-state index < -0.39 is 0 Å². The van der Waals surface area contributed by atoms with Crippen molar-refractivity contribution in [3.63, 3.8) is 0 Å². The maximum Gasteiger partial charge on any atom is 0.257 e. The maximum atomic E-state index is 11.7. The van der Waals surface area contributed by atoms with Crippen molar-refractivity contribution in [1.29, 1.82) is 0 Å². The molecule has 4 rings (SSSR count). The second-order valence-corrected chi connectivity index (χ2v) is 7.24. The zero-order chi connectivity index (χ0) is 16.4. The van der Waals surface area contributed by atoms with Gasteiger partial charge in [-0.05, 0) is 43.4 Å². The Morgan fingerprint density at radius 2 is 2.08 bits per heavy atom. The number of hydrogen-bond acceptors (Lipinski definition) is 5. The number of thiophene rings is 1. The molecule has 1 aliphatic carbocycles. The zero-order valence-electron chi connectivity index (χ0n) is 13.4. The van der Waals surface area contributed by atoms with Crippen LogP contribution in [0.1, 0.15) is 35.6 Å². The largest absolute Gasteiger partial charge is 0.420 e. The van der Waals surface area contributed by atoms with Crippen LogP contribution < -0.4 is 5.56 Å². The highest BCUT2D eigenvalue weighted by molar-refractivity contribution is 7.15. The van der Waals surface area contributed by atoms with Gasteiger partial charge in [0.2, 0.25) is 5.89 Å². The van der Waals surface area contributed by atoms with Gasteiger partial charge >= 0.3 is 0 Å². The molecule has 0 fully saturated rings. The van der Waals surface area contributed by atoms with Crippen LogP contribution in [0.15, 0.2) is 39.7 Å². The Balaban J connectivity index is 1.49. The summed E-state index contributed by atoms with van der Waals surface area (Å²) in [7, 11) is 0. The Hall–Kier alpha value is -2.21. The molecular formula is C18H19N3O2S. The molecule has 0 spiro atoms. The Labute approximate surface area is 144 Å². The van der Waals surface area contributed by atoms with E-state index in [9.17, 15) is 4.79 Å². The minimum atomic E-state index is -0.0146. The topological polar surface area (TPSA) is 60.9 Å². The van der Waals surface area contributed by atoms with Crippen LogP contribution in [0, 0.1) is 0 Å². The monoisotopic (exact) mass is 341 g/mol.